The van der Waals surface area contributed by atoms with Gasteiger partial charge in [-0.3, -0.25) is 14.9 Å². The van der Waals surface area contributed by atoms with Crippen LogP contribution in [0.15, 0.2) is 77.3 Å². The number of anilines is 2. The molecule has 0 fully saturated rings. The minimum atomic E-state index is -0.383. The van der Waals surface area contributed by atoms with Crippen LogP contribution in [0.2, 0.25) is 0 Å². The summed E-state index contributed by atoms with van der Waals surface area (Å²) >= 11 is 8.74. The molecule has 0 heterocycles. The molecule has 0 atom stereocenters. The van der Waals surface area contributed by atoms with E-state index in [4.69, 9.17) is 17.0 Å². The van der Waals surface area contributed by atoms with Gasteiger partial charge in [-0.1, -0.05) is 54.0 Å². The predicted octanol–water partition coefficient (Wildman–Crippen LogP) is 6.25. The van der Waals surface area contributed by atoms with Crippen LogP contribution in [0.5, 0.6) is 5.75 Å². The first-order valence-corrected chi connectivity index (χ1v) is 12.0. The summed E-state index contributed by atoms with van der Waals surface area (Å²) in [7, 11) is 0. The number of halogens is 1. The third kappa shape index (κ3) is 7.67. The quantitative estimate of drug-likeness (QED) is 0.294. The van der Waals surface area contributed by atoms with Crippen molar-refractivity contribution in [2.75, 3.05) is 17.2 Å². The highest BCUT2D eigenvalue weighted by atomic mass is 79.9. The zero-order valence-electron chi connectivity index (χ0n) is 18.9. The molecule has 176 valence electrons. The molecule has 0 saturated heterocycles. The van der Waals surface area contributed by atoms with Gasteiger partial charge >= 0.3 is 0 Å². The molecule has 0 aliphatic heterocycles. The molecule has 0 bridgehead atoms. The van der Waals surface area contributed by atoms with Crippen LogP contribution in [0.25, 0.3) is 0 Å². The third-order valence-corrected chi connectivity index (χ3v) is 5.48. The van der Waals surface area contributed by atoms with Gasteiger partial charge in [0.25, 0.3) is 11.8 Å². The van der Waals surface area contributed by atoms with Crippen molar-refractivity contribution in [1.29, 1.82) is 0 Å². The lowest BCUT2D eigenvalue weighted by molar-refractivity contribution is 0.0972. The lowest BCUT2D eigenvalue weighted by atomic mass is 10.1. The fourth-order valence-corrected chi connectivity index (χ4v) is 3.58. The van der Waals surface area contributed by atoms with E-state index in [1.165, 1.54) is 0 Å². The molecule has 3 aromatic rings. The maximum Gasteiger partial charge on any atom is 0.261 e. The second kappa shape index (κ2) is 12.3. The minimum Gasteiger partial charge on any atom is -0.493 e. The molecule has 0 radical (unpaired) electrons. The van der Waals surface area contributed by atoms with Gasteiger partial charge < -0.3 is 15.4 Å². The second-order valence-electron chi connectivity index (χ2n) is 7.98. The summed E-state index contributed by atoms with van der Waals surface area (Å²) in [5.74, 6) is 0.396. The Hall–Kier alpha value is -3.23. The molecule has 0 spiro atoms. The van der Waals surface area contributed by atoms with Gasteiger partial charge in [-0.15, -0.1) is 0 Å². The van der Waals surface area contributed by atoms with Crippen molar-refractivity contribution in [2.24, 2.45) is 5.92 Å². The van der Waals surface area contributed by atoms with Crippen molar-refractivity contribution in [3.05, 3.63) is 88.4 Å². The summed E-state index contributed by atoms with van der Waals surface area (Å²) in [6.45, 7) is 4.75. The van der Waals surface area contributed by atoms with Crippen LogP contribution in [0.4, 0.5) is 11.4 Å². The van der Waals surface area contributed by atoms with Gasteiger partial charge in [-0.05, 0) is 73.1 Å². The molecule has 34 heavy (non-hydrogen) atoms. The Bertz CT molecular complexity index is 1170. The van der Waals surface area contributed by atoms with E-state index in [0.717, 1.165) is 10.9 Å². The SMILES string of the molecule is CC(C)CCOc1ccc(Br)cc1C(=O)NC(=S)Nc1cccc(NC(=O)c2ccccc2)c1. The molecule has 0 aliphatic carbocycles. The highest BCUT2D eigenvalue weighted by Gasteiger charge is 2.15. The molecule has 0 aliphatic rings. The largest absolute Gasteiger partial charge is 0.493 e. The van der Waals surface area contributed by atoms with E-state index in [0.29, 0.717) is 40.8 Å². The Balaban J connectivity index is 1.62. The number of carbonyl (C=O) groups excluding carboxylic acids is 2. The molecular formula is C26H26BrN3O3S. The molecule has 8 heteroatoms. The number of hydrogen-bond acceptors (Lipinski definition) is 4. The van der Waals surface area contributed by atoms with Crippen molar-refractivity contribution in [3.8, 4) is 5.75 Å². The van der Waals surface area contributed by atoms with Gasteiger partial charge in [0.05, 0.1) is 12.2 Å². The van der Waals surface area contributed by atoms with Crippen LogP contribution in [-0.4, -0.2) is 23.5 Å². The van der Waals surface area contributed by atoms with E-state index in [1.54, 1.807) is 60.7 Å². The molecular weight excluding hydrogens is 514 g/mol. The maximum absolute atomic E-state index is 12.9. The first-order chi connectivity index (χ1) is 16.3. The molecule has 2 amide bonds. The van der Waals surface area contributed by atoms with Crippen LogP contribution in [-0.2, 0) is 0 Å². The van der Waals surface area contributed by atoms with E-state index in [-0.39, 0.29) is 16.9 Å². The molecule has 0 unspecified atom stereocenters. The number of rotatable bonds is 8. The topological polar surface area (TPSA) is 79.5 Å². The zero-order chi connectivity index (χ0) is 24.5. The zero-order valence-corrected chi connectivity index (χ0v) is 21.3. The fraction of sp³-hybridized carbons (Fsp3) is 0.192. The highest BCUT2D eigenvalue weighted by molar-refractivity contribution is 9.10. The van der Waals surface area contributed by atoms with Crippen molar-refractivity contribution >= 4 is 56.4 Å². The average Bonchev–Trinajstić information content (AvgIpc) is 2.80. The van der Waals surface area contributed by atoms with E-state index in [9.17, 15) is 9.59 Å². The van der Waals surface area contributed by atoms with Crippen LogP contribution in [0.3, 0.4) is 0 Å². The summed E-state index contributed by atoms with van der Waals surface area (Å²) in [6, 6.07) is 21.3. The number of amides is 2. The molecule has 0 aromatic heterocycles. The number of benzene rings is 3. The number of nitrogens with one attached hydrogen (secondary N) is 3. The lowest BCUT2D eigenvalue weighted by Crippen LogP contribution is -2.34. The monoisotopic (exact) mass is 539 g/mol. The van der Waals surface area contributed by atoms with Crippen molar-refractivity contribution in [2.45, 2.75) is 20.3 Å². The Kier molecular flexibility index (Phi) is 9.18. The Morgan fingerprint density at radius 2 is 1.62 bits per heavy atom. The van der Waals surface area contributed by atoms with E-state index >= 15 is 0 Å². The van der Waals surface area contributed by atoms with Crippen LogP contribution in [0, 0.1) is 5.92 Å². The smallest absolute Gasteiger partial charge is 0.261 e. The van der Waals surface area contributed by atoms with Crippen LogP contribution < -0.4 is 20.7 Å². The van der Waals surface area contributed by atoms with Gasteiger partial charge in [-0.25, -0.2) is 0 Å². The first kappa shape index (κ1) is 25.4. The maximum atomic E-state index is 12.9. The number of thiocarbonyl (C=S) groups is 1. The summed E-state index contributed by atoms with van der Waals surface area (Å²) in [5.41, 5.74) is 2.16. The summed E-state index contributed by atoms with van der Waals surface area (Å²) in [4.78, 5) is 25.3. The van der Waals surface area contributed by atoms with Gasteiger partial charge in [-0.2, -0.15) is 0 Å². The van der Waals surface area contributed by atoms with Crippen molar-refractivity contribution < 1.29 is 14.3 Å². The molecule has 3 rings (SSSR count). The second-order valence-corrected chi connectivity index (χ2v) is 9.30. The van der Waals surface area contributed by atoms with Crippen molar-refractivity contribution in [1.82, 2.24) is 5.32 Å². The lowest BCUT2D eigenvalue weighted by Gasteiger charge is -2.14. The first-order valence-electron chi connectivity index (χ1n) is 10.8. The van der Waals surface area contributed by atoms with Gasteiger partial charge in [0.1, 0.15) is 5.75 Å². The van der Waals surface area contributed by atoms with Crippen molar-refractivity contribution in [3.63, 3.8) is 0 Å². The summed E-state index contributed by atoms with van der Waals surface area (Å²) in [6.07, 6.45) is 0.883. The summed E-state index contributed by atoms with van der Waals surface area (Å²) in [5, 5.41) is 8.65. The van der Waals surface area contributed by atoms with Gasteiger partial charge in [0, 0.05) is 21.4 Å². The van der Waals surface area contributed by atoms with Gasteiger partial charge in [0.2, 0.25) is 0 Å². The molecule has 6 nitrogen and oxygen atoms in total. The average molecular weight is 540 g/mol. The van der Waals surface area contributed by atoms with E-state index in [1.807, 2.05) is 12.1 Å². The Morgan fingerprint density at radius 1 is 0.912 bits per heavy atom. The predicted molar refractivity (Wildman–Crippen MR) is 144 cm³/mol. The fourth-order valence-electron chi connectivity index (χ4n) is 3.01. The Labute approximate surface area is 213 Å². The summed E-state index contributed by atoms with van der Waals surface area (Å²) < 4.78 is 6.59. The van der Waals surface area contributed by atoms with E-state index in [2.05, 4.69) is 45.7 Å². The van der Waals surface area contributed by atoms with E-state index < -0.39 is 0 Å². The number of carbonyl (C=O) groups is 2. The molecule has 3 N–H and O–H groups in total. The molecule has 3 aromatic carbocycles. The standard InChI is InChI=1S/C26H26BrN3O3S/c1-17(2)13-14-33-23-12-11-19(27)15-22(23)25(32)30-26(34)29-21-10-6-9-20(16-21)28-24(31)18-7-4-3-5-8-18/h3-12,15-17H,13-14H2,1-2H3,(H,28,31)(H2,29,30,32,34). The number of hydrogen-bond donors (Lipinski definition) is 3. The van der Waals surface area contributed by atoms with Crippen LogP contribution >= 0.6 is 28.1 Å². The van der Waals surface area contributed by atoms with Crippen LogP contribution in [0.1, 0.15) is 41.0 Å². The highest BCUT2D eigenvalue weighted by Crippen LogP contribution is 2.24. The third-order valence-electron chi connectivity index (χ3n) is 4.78. The normalized spacial score (nSPS) is 10.5. The van der Waals surface area contributed by atoms with Gasteiger partial charge in [0.15, 0.2) is 5.11 Å². The Morgan fingerprint density at radius 3 is 2.32 bits per heavy atom. The minimum absolute atomic E-state index is 0.129. The molecule has 0 saturated carbocycles. The number of ether oxygens (including phenoxy) is 1.